The highest BCUT2D eigenvalue weighted by atomic mass is 35.5. The molecular formula is C20H21ClN4O. The SMILES string of the molecule is CC(c1nc(-c2ccc(Cl)cc2)no1)N1C[C@@H](N)[C@H](c2ccccc2)C1. The number of aromatic nitrogens is 2. The van der Waals surface area contributed by atoms with Crippen molar-refractivity contribution in [2.75, 3.05) is 13.1 Å². The molecule has 1 saturated heterocycles. The second-order valence-corrected chi connectivity index (χ2v) is 7.21. The zero-order valence-electron chi connectivity index (χ0n) is 14.5. The lowest BCUT2D eigenvalue weighted by Gasteiger charge is -2.20. The van der Waals surface area contributed by atoms with Gasteiger partial charge >= 0.3 is 0 Å². The van der Waals surface area contributed by atoms with Crippen molar-refractivity contribution in [1.82, 2.24) is 15.0 Å². The van der Waals surface area contributed by atoms with Crippen LogP contribution in [0.2, 0.25) is 5.02 Å². The Morgan fingerprint density at radius 2 is 1.85 bits per heavy atom. The minimum Gasteiger partial charge on any atom is -0.337 e. The van der Waals surface area contributed by atoms with Gasteiger partial charge in [-0.05, 0) is 36.8 Å². The van der Waals surface area contributed by atoms with Gasteiger partial charge in [0.15, 0.2) is 0 Å². The van der Waals surface area contributed by atoms with Crippen LogP contribution in [0.1, 0.15) is 30.3 Å². The maximum atomic E-state index is 6.41. The Morgan fingerprint density at radius 3 is 2.58 bits per heavy atom. The van der Waals surface area contributed by atoms with E-state index in [1.165, 1.54) is 5.56 Å². The average molecular weight is 369 g/mol. The van der Waals surface area contributed by atoms with Crippen molar-refractivity contribution in [3.8, 4) is 11.4 Å². The number of benzene rings is 2. The van der Waals surface area contributed by atoms with Crippen LogP contribution in [0.3, 0.4) is 0 Å². The van der Waals surface area contributed by atoms with E-state index in [9.17, 15) is 0 Å². The van der Waals surface area contributed by atoms with E-state index in [4.69, 9.17) is 21.9 Å². The summed E-state index contributed by atoms with van der Waals surface area (Å²) in [6, 6.07) is 18.0. The van der Waals surface area contributed by atoms with Crippen molar-refractivity contribution in [3.63, 3.8) is 0 Å². The van der Waals surface area contributed by atoms with Crippen molar-refractivity contribution in [2.24, 2.45) is 5.73 Å². The molecule has 2 aromatic carbocycles. The third kappa shape index (κ3) is 3.38. The standard InChI is InChI=1S/C20H21ClN4O/c1-13(20-23-19(24-26-20)15-7-9-16(21)10-8-15)25-11-17(18(22)12-25)14-5-3-2-4-6-14/h2-10,13,17-18H,11-12,22H2,1H3/t13?,17-,18+/m0/s1. The summed E-state index contributed by atoms with van der Waals surface area (Å²) in [6.07, 6.45) is 0. The van der Waals surface area contributed by atoms with Crippen molar-refractivity contribution >= 4 is 11.6 Å². The molecule has 1 aliphatic heterocycles. The number of nitrogens with zero attached hydrogens (tertiary/aromatic N) is 3. The summed E-state index contributed by atoms with van der Waals surface area (Å²) >= 11 is 5.94. The van der Waals surface area contributed by atoms with Gasteiger partial charge in [-0.2, -0.15) is 4.98 Å². The summed E-state index contributed by atoms with van der Waals surface area (Å²) in [5.41, 5.74) is 8.57. The predicted molar refractivity (Wildman–Crippen MR) is 102 cm³/mol. The molecule has 5 nitrogen and oxygen atoms in total. The molecule has 4 rings (SSSR count). The molecule has 1 aliphatic rings. The highest BCUT2D eigenvalue weighted by Crippen LogP contribution is 2.32. The topological polar surface area (TPSA) is 68.2 Å². The zero-order chi connectivity index (χ0) is 18.1. The maximum Gasteiger partial charge on any atom is 0.244 e. The smallest absolute Gasteiger partial charge is 0.244 e. The molecule has 0 aliphatic carbocycles. The molecule has 1 unspecified atom stereocenters. The van der Waals surface area contributed by atoms with Gasteiger partial charge in [0, 0.05) is 35.6 Å². The van der Waals surface area contributed by atoms with E-state index in [1.807, 2.05) is 30.3 Å². The first kappa shape index (κ1) is 17.2. The summed E-state index contributed by atoms with van der Waals surface area (Å²) < 4.78 is 5.52. The summed E-state index contributed by atoms with van der Waals surface area (Å²) in [7, 11) is 0. The molecule has 0 spiro atoms. The van der Waals surface area contributed by atoms with Crippen molar-refractivity contribution in [3.05, 3.63) is 71.1 Å². The number of nitrogens with two attached hydrogens (primary N) is 1. The fourth-order valence-corrected chi connectivity index (χ4v) is 3.63. The van der Waals surface area contributed by atoms with Crippen LogP contribution in [0.15, 0.2) is 59.1 Å². The fraction of sp³-hybridized carbons (Fsp3) is 0.300. The monoisotopic (exact) mass is 368 g/mol. The minimum absolute atomic E-state index is 0.0170. The third-order valence-electron chi connectivity index (χ3n) is 5.07. The van der Waals surface area contributed by atoms with Gasteiger partial charge in [0.25, 0.3) is 0 Å². The number of halogens is 1. The summed E-state index contributed by atoms with van der Waals surface area (Å²) in [5, 5.41) is 4.80. The molecule has 0 radical (unpaired) electrons. The predicted octanol–water partition coefficient (Wildman–Crippen LogP) is 3.88. The quantitative estimate of drug-likeness (QED) is 0.756. The normalized spacial score (nSPS) is 21.8. The van der Waals surface area contributed by atoms with E-state index in [1.54, 1.807) is 0 Å². The highest BCUT2D eigenvalue weighted by Gasteiger charge is 2.35. The van der Waals surface area contributed by atoms with Gasteiger partial charge in [-0.25, -0.2) is 0 Å². The first-order valence-electron chi connectivity index (χ1n) is 8.76. The number of likely N-dealkylation sites (tertiary alicyclic amines) is 1. The van der Waals surface area contributed by atoms with Crippen molar-refractivity contribution < 1.29 is 4.52 Å². The molecule has 3 aromatic rings. The van der Waals surface area contributed by atoms with Gasteiger partial charge in [-0.1, -0.05) is 47.1 Å². The van der Waals surface area contributed by atoms with E-state index in [0.29, 0.717) is 22.7 Å². The van der Waals surface area contributed by atoms with Crippen LogP contribution in [-0.2, 0) is 0 Å². The lowest BCUT2D eigenvalue weighted by molar-refractivity contribution is 0.206. The van der Waals surface area contributed by atoms with Crippen LogP contribution in [0.4, 0.5) is 0 Å². The molecule has 1 fully saturated rings. The molecule has 6 heteroatoms. The van der Waals surface area contributed by atoms with Gasteiger partial charge in [0.2, 0.25) is 11.7 Å². The van der Waals surface area contributed by atoms with Gasteiger partial charge in [0.1, 0.15) is 0 Å². The maximum absolute atomic E-state index is 6.41. The average Bonchev–Trinajstić information content (AvgIpc) is 3.30. The van der Waals surface area contributed by atoms with E-state index in [2.05, 4.69) is 46.2 Å². The van der Waals surface area contributed by atoms with E-state index in [0.717, 1.165) is 18.7 Å². The first-order chi connectivity index (χ1) is 12.6. The second-order valence-electron chi connectivity index (χ2n) is 6.77. The highest BCUT2D eigenvalue weighted by molar-refractivity contribution is 6.30. The van der Waals surface area contributed by atoms with Crippen molar-refractivity contribution in [2.45, 2.75) is 24.9 Å². The fourth-order valence-electron chi connectivity index (χ4n) is 3.51. The van der Waals surface area contributed by atoms with Gasteiger partial charge in [-0.3, -0.25) is 4.90 Å². The Bertz CT molecular complexity index is 865. The molecule has 1 aromatic heterocycles. The Hall–Kier alpha value is -2.21. The Kier molecular flexibility index (Phi) is 4.76. The molecule has 3 atom stereocenters. The van der Waals surface area contributed by atoms with Crippen LogP contribution in [-0.4, -0.2) is 34.2 Å². The number of hydrogen-bond acceptors (Lipinski definition) is 5. The largest absolute Gasteiger partial charge is 0.337 e. The van der Waals surface area contributed by atoms with E-state index in [-0.39, 0.29) is 12.1 Å². The minimum atomic E-state index is 0.0170. The van der Waals surface area contributed by atoms with Gasteiger partial charge in [0.05, 0.1) is 6.04 Å². The zero-order valence-corrected chi connectivity index (χ0v) is 15.3. The van der Waals surface area contributed by atoms with Crippen LogP contribution < -0.4 is 5.73 Å². The van der Waals surface area contributed by atoms with Crippen LogP contribution in [0.25, 0.3) is 11.4 Å². The molecule has 2 N–H and O–H groups in total. The van der Waals surface area contributed by atoms with Crippen molar-refractivity contribution in [1.29, 1.82) is 0 Å². The molecule has 134 valence electrons. The lowest BCUT2D eigenvalue weighted by atomic mass is 9.95. The molecule has 26 heavy (non-hydrogen) atoms. The Labute approximate surface area is 157 Å². The van der Waals surface area contributed by atoms with E-state index < -0.39 is 0 Å². The lowest BCUT2D eigenvalue weighted by Crippen LogP contribution is -2.30. The summed E-state index contributed by atoms with van der Waals surface area (Å²) in [4.78, 5) is 6.88. The molecular weight excluding hydrogens is 348 g/mol. The van der Waals surface area contributed by atoms with Gasteiger partial charge < -0.3 is 10.3 Å². The second kappa shape index (κ2) is 7.19. The van der Waals surface area contributed by atoms with Gasteiger partial charge in [-0.15, -0.1) is 0 Å². The van der Waals surface area contributed by atoms with Crippen LogP contribution in [0, 0.1) is 0 Å². The molecule has 0 amide bonds. The first-order valence-corrected chi connectivity index (χ1v) is 9.14. The molecule has 0 bridgehead atoms. The summed E-state index contributed by atoms with van der Waals surface area (Å²) in [5.74, 6) is 1.50. The number of rotatable bonds is 4. The van der Waals surface area contributed by atoms with Crippen LogP contribution in [0.5, 0.6) is 0 Å². The number of hydrogen-bond donors (Lipinski definition) is 1. The summed E-state index contributed by atoms with van der Waals surface area (Å²) in [6.45, 7) is 3.77. The van der Waals surface area contributed by atoms with E-state index >= 15 is 0 Å². The molecule has 2 heterocycles. The Balaban J connectivity index is 1.50. The molecule has 0 saturated carbocycles. The Morgan fingerprint density at radius 1 is 1.12 bits per heavy atom. The van der Waals surface area contributed by atoms with Crippen LogP contribution >= 0.6 is 11.6 Å². The third-order valence-corrected chi connectivity index (χ3v) is 5.32.